The monoisotopic (exact) mass is 306 g/mol. The van der Waals surface area contributed by atoms with Gasteiger partial charge in [0.1, 0.15) is 6.61 Å². The third-order valence-corrected chi connectivity index (χ3v) is 3.60. The topological polar surface area (TPSA) is 79.5 Å². The molecule has 2 aromatic rings. The first kappa shape index (κ1) is 14.8. The Morgan fingerprint density at radius 3 is 3.14 bits per heavy atom. The van der Waals surface area contributed by atoms with Crippen LogP contribution in [0.1, 0.15) is 6.99 Å². The lowest BCUT2D eigenvalue weighted by Gasteiger charge is -2.26. The van der Waals surface area contributed by atoms with E-state index in [2.05, 4.69) is 20.2 Å². The van der Waals surface area contributed by atoms with E-state index in [-0.39, 0.29) is 1.43 Å². The lowest BCUT2D eigenvalue weighted by molar-refractivity contribution is 0.0290. The zero-order valence-electron chi connectivity index (χ0n) is 12.6. The van der Waals surface area contributed by atoms with E-state index in [0.29, 0.717) is 12.6 Å². The Labute approximate surface area is 130 Å². The number of hydrogen-bond donors (Lipinski definition) is 2. The van der Waals surface area contributed by atoms with Crippen LogP contribution in [0.3, 0.4) is 0 Å². The molecule has 0 spiro atoms. The van der Waals surface area contributed by atoms with Crippen LogP contribution in [-0.2, 0) is 9.47 Å². The number of carbonyl (C=O) groups excluding carboxylic acids is 1. The first-order valence-electron chi connectivity index (χ1n) is 7.41. The van der Waals surface area contributed by atoms with Crippen molar-refractivity contribution < 1.29 is 15.7 Å². The Hall–Kier alpha value is -2.12. The van der Waals surface area contributed by atoms with Gasteiger partial charge in [0.25, 0.3) is 0 Å². The summed E-state index contributed by atoms with van der Waals surface area (Å²) in [4.78, 5) is 21.3. The standard InChI is InChI=1S/C15H20N4O3.H2/c1-11-2-3-12-13(10-11)17-14(16-12)18-15(20)22-9-6-19-4-7-21-8-5-19;/h2-3,10H,4-9H2,1H3,(H2,16,17,18,20);1H. The Morgan fingerprint density at radius 1 is 1.50 bits per heavy atom. The van der Waals surface area contributed by atoms with Gasteiger partial charge in [0, 0.05) is 21.1 Å². The number of H-pyrrole nitrogens is 1. The Kier molecular flexibility index (Phi) is 4.55. The van der Waals surface area contributed by atoms with E-state index in [1.54, 1.807) is 0 Å². The van der Waals surface area contributed by atoms with Crippen LogP contribution in [0.25, 0.3) is 11.0 Å². The molecule has 2 heterocycles. The highest BCUT2D eigenvalue weighted by molar-refractivity contribution is 5.86. The zero-order valence-corrected chi connectivity index (χ0v) is 12.6. The van der Waals surface area contributed by atoms with Gasteiger partial charge in [-0.2, -0.15) is 0 Å². The second kappa shape index (κ2) is 6.76. The number of nitrogens with zero attached hydrogens (tertiary/aromatic N) is 2. The number of fused-ring (bicyclic) bond motifs is 1. The van der Waals surface area contributed by atoms with Crippen molar-refractivity contribution in [3.8, 4) is 0 Å². The Balaban J connectivity index is 0.00000192. The fourth-order valence-corrected chi connectivity index (χ4v) is 2.41. The molecule has 7 heteroatoms. The number of carbonyl (C=O) groups is 1. The summed E-state index contributed by atoms with van der Waals surface area (Å²) in [6.07, 6.45) is -0.496. The molecule has 1 fully saturated rings. The fraction of sp³-hybridized carbons (Fsp3) is 0.467. The van der Waals surface area contributed by atoms with Gasteiger partial charge in [0.15, 0.2) is 0 Å². The summed E-state index contributed by atoms with van der Waals surface area (Å²) in [5.74, 6) is 0.400. The number of aromatic nitrogens is 2. The number of morpholine rings is 1. The van der Waals surface area contributed by atoms with Gasteiger partial charge in [-0.3, -0.25) is 10.2 Å². The van der Waals surface area contributed by atoms with Crippen LogP contribution < -0.4 is 5.32 Å². The summed E-state index contributed by atoms with van der Waals surface area (Å²) in [5, 5.41) is 2.62. The highest BCUT2D eigenvalue weighted by Crippen LogP contribution is 2.15. The second-order valence-corrected chi connectivity index (χ2v) is 5.32. The minimum absolute atomic E-state index is 0. The van der Waals surface area contributed by atoms with Crippen molar-refractivity contribution in [2.24, 2.45) is 0 Å². The third kappa shape index (κ3) is 3.75. The van der Waals surface area contributed by atoms with Crippen LogP contribution in [0, 0.1) is 6.92 Å². The predicted molar refractivity (Wildman–Crippen MR) is 85.2 cm³/mol. The molecule has 22 heavy (non-hydrogen) atoms. The van der Waals surface area contributed by atoms with E-state index in [1.165, 1.54) is 0 Å². The van der Waals surface area contributed by atoms with Gasteiger partial charge >= 0.3 is 6.09 Å². The predicted octanol–water partition coefficient (Wildman–Crippen LogP) is 2.00. The molecule has 7 nitrogen and oxygen atoms in total. The van der Waals surface area contributed by atoms with E-state index in [4.69, 9.17) is 9.47 Å². The number of amides is 1. The van der Waals surface area contributed by atoms with E-state index < -0.39 is 6.09 Å². The molecule has 1 aromatic heterocycles. The summed E-state index contributed by atoms with van der Waals surface area (Å²) in [6.45, 7) is 6.32. The van der Waals surface area contributed by atoms with Crippen LogP contribution in [0.4, 0.5) is 10.7 Å². The number of hydrogen-bond acceptors (Lipinski definition) is 5. The van der Waals surface area contributed by atoms with Crippen LogP contribution in [0.2, 0.25) is 0 Å². The van der Waals surface area contributed by atoms with Crippen LogP contribution >= 0.6 is 0 Å². The lowest BCUT2D eigenvalue weighted by atomic mass is 10.2. The average Bonchev–Trinajstić information content (AvgIpc) is 2.89. The molecular formula is C15H22N4O3. The van der Waals surface area contributed by atoms with Crippen molar-refractivity contribution in [3.63, 3.8) is 0 Å². The van der Waals surface area contributed by atoms with Gasteiger partial charge in [0.2, 0.25) is 5.95 Å². The number of benzene rings is 1. The highest BCUT2D eigenvalue weighted by Gasteiger charge is 2.12. The summed E-state index contributed by atoms with van der Waals surface area (Å²) < 4.78 is 10.4. The molecule has 1 amide bonds. The van der Waals surface area contributed by atoms with E-state index in [9.17, 15) is 4.79 Å². The lowest BCUT2D eigenvalue weighted by Crippen LogP contribution is -2.38. The number of rotatable bonds is 4. The van der Waals surface area contributed by atoms with Crippen LogP contribution in [0.15, 0.2) is 18.2 Å². The van der Waals surface area contributed by atoms with Crippen molar-refractivity contribution in [2.75, 3.05) is 44.8 Å². The minimum atomic E-state index is -0.496. The first-order valence-corrected chi connectivity index (χ1v) is 7.41. The second-order valence-electron chi connectivity index (χ2n) is 5.32. The van der Waals surface area contributed by atoms with Crippen LogP contribution in [0.5, 0.6) is 0 Å². The number of aromatic amines is 1. The molecule has 120 valence electrons. The van der Waals surface area contributed by atoms with Gasteiger partial charge in [-0.05, 0) is 24.6 Å². The maximum atomic E-state index is 11.8. The normalized spacial score (nSPS) is 15.9. The van der Waals surface area contributed by atoms with E-state index >= 15 is 0 Å². The van der Waals surface area contributed by atoms with E-state index in [1.807, 2.05) is 25.1 Å². The molecule has 0 saturated carbocycles. The molecule has 2 N–H and O–H groups in total. The average molecular weight is 306 g/mol. The van der Waals surface area contributed by atoms with Gasteiger partial charge in [0.05, 0.1) is 24.2 Å². The molecule has 1 aromatic carbocycles. The van der Waals surface area contributed by atoms with Gasteiger partial charge in [-0.1, -0.05) is 6.07 Å². The SMILES string of the molecule is Cc1ccc2nc(NC(=O)OCCN3CCOCC3)[nH]c2c1.[HH]. The Morgan fingerprint density at radius 2 is 2.32 bits per heavy atom. The number of aryl methyl sites for hydroxylation is 1. The molecule has 0 aliphatic carbocycles. The summed E-state index contributed by atoms with van der Waals surface area (Å²) in [7, 11) is 0. The number of ether oxygens (including phenoxy) is 2. The Bertz CT molecular complexity index is 655. The number of anilines is 1. The fourth-order valence-electron chi connectivity index (χ4n) is 2.41. The maximum absolute atomic E-state index is 11.8. The quantitative estimate of drug-likeness (QED) is 0.903. The maximum Gasteiger partial charge on any atom is 0.414 e. The van der Waals surface area contributed by atoms with Crippen molar-refractivity contribution in [1.29, 1.82) is 0 Å². The largest absolute Gasteiger partial charge is 0.448 e. The van der Waals surface area contributed by atoms with Crippen molar-refractivity contribution in [3.05, 3.63) is 23.8 Å². The number of imidazole rings is 1. The molecule has 3 rings (SSSR count). The van der Waals surface area contributed by atoms with E-state index in [0.717, 1.165) is 49.4 Å². The molecule has 0 radical (unpaired) electrons. The van der Waals surface area contributed by atoms with Crippen molar-refractivity contribution in [1.82, 2.24) is 14.9 Å². The minimum Gasteiger partial charge on any atom is -0.448 e. The van der Waals surface area contributed by atoms with Gasteiger partial charge < -0.3 is 14.5 Å². The van der Waals surface area contributed by atoms with Gasteiger partial charge in [-0.25, -0.2) is 9.78 Å². The zero-order chi connectivity index (χ0) is 15.4. The summed E-state index contributed by atoms with van der Waals surface area (Å²) >= 11 is 0. The van der Waals surface area contributed by atoms with Crippen molar-refractivity contribution >= 4 is 23.1 Å². The smallest absolute Gasteiger partial charge is 0.414 e. The molecule has 0 unspecified atom stereocenters. The molecule has 1 aliphatic rings. The van der Waals surface area contributed by atoms with Crippen molar-refractivity contribution in [2.45, 2.75) is 6.92 Å². The molecule has 1 saturated heterocycles. The molecule has 0 bridgehead atoms. The highest BCUT2D eigenvalue weighted by atomic mass is 16.5. The number of nitrogens with one attached hydrogen (secondary N) is 2. The first-order chi connectivity index (χ1) is 10.7. The molecule has 1 aliphatic heterocycles. The van der Waals surface area contributed by atoms with Gasteiger partial charge in [-0.15, -0.1) is 0 Å². The third-order valence-electron chi connectivity index (χ3n) is 3.60. The molecule has 0 atom stereocenters. The summed E-state index contributed by atoms with van der Waals surface area (Å²) in [5.41, 5.74) is 2.84. The molecular weight excluding hydrogens is 284 g/mol. The summed E-state index contributed by atoms with van der Waals surface area (Å²) in [6, 6.07) is 5.88. The van der Waals surface area contributed by atoms with Crippen LogP contribution in [-0.4, -0.2) is 60.4 Å².